The lowest BCUT2D eigenvalue weighted by Crippen LogP contribution is -2.19. The number of hydrogen-bond acceptors (Lipinski definition) is 8. The van der Waals surface area contributed by atoms with Gasteiger partial charge in [0.05, 0.1) is 27.2 Å². The first-order valence-electron chi connectivity index (χ1n) is 9.25. The van der Waals surface area contributed by atoms with Crippen LogP contribution in [-0.4, -0.2) is 37.1 Å². The zero-order valence-corrected chi connectivity index (χ0v) is 19.0. The van der Waals surface area contributed by atoms with E-state index in [1.807, 2.05) is 27.3 Å². The van der Waals surface area contributed by atoms with Crippen LogP contribution in [0.15, 0.2) is 44.5 Å². The van der Waals surface area contributed by atoms with E-state index in [4.69, 9.17) is 5.14 Å². The third-order valence-corrected chi connectivity index (χ3v) is 7.83. The zero-order valence-electron chi connectivity index (χ0n) is 16.5. The van der Waals surface area contributed by atoms with Gasteiger partial charge in [0.15, 0.2) is 5.16 Å². The van der Waals surface area contributed by atoms with Gasteiger partial charge >= 0.3 is 0 Å². The maximum Gasteiger partial charge on any atom is 0.272 e. The van der Waals surface area contributed by atoms with Crippen molar-refractivity contribution in [3.05, 3.63) is 45.8 Å². The summed E-state index contributed by atoms with van der Waals surface area (Å²) in [6.07, 6.45) is 0. The number of nitrogens with two attached hydrogens (primary N) is 1. The highest BCUT2D eigenvalue weighted by atomic mass is 32.2. The van der Waals surface area contributed by atoms with Crippen molar-refractivity contribution in [1.82, 2.24) is 28.7 Å². The summed E-state index contributed by atoms with van der Waals surface area (Å²) in [6.45, 7) is 2.66. The summed E-state index contributed by atoms with van der Waals surface area (Å²) < 4.78 is 29.4. The van der Waals surface area contributed by atoms with Crippen LogP contribution in [0, 0.1) is 0 Å². The number of aryl methyl sites for hydroxylation is 2. The predicted octanol–water partition coefficient (Wildman–Crippen LogP) is 1.95. The SMILES string of the molecule is CCn1c(SCc2nnc3n(C)c(=O)c4sccc4n23)nc2cc(S(N)(=O)=O)ccc21. The molecule has 13 heteroatoms. The lowest BCUT2D eigenvalue weighted by molar-refractivity contribution is 0.598. The van der Waals surface area contributed by atoms with Gasteiger partial charge in [0.25, 0.3) is 5.56 Å². The quantitative estimate of drug-likeness (QED) is 0.385. The van der Waals surface area contributed by atoms with E-state index in [9.17, 15) is 13.2 Å². The fourth-order valence-electron chi connectivity index (χ4n) is 3.56. The molecular formula is C18H17N7O3S3. The summed E-state index contributed by atoms with van der Waals surface area (Å²) in [7, 11) is -2.12. The van der Waals surface area contributed by atoms with Crippen molar-refractivity contribution in [1.29, 1.82) is 0 Å². The lowest BCUT2D eigenvalue weighted by atomic mass is 10.3. The number of thiophene rings is 1. The van der Waals surface area contributed by atoms with Crippen molar-refractivity contribution in [3.8, 4) is 0 Å². The van der Waals surface area contributed by atoms with E-state index in [2.05, 4.69) is 15.2 Å². The van der Waals surface area contributed by atoms with E-state index >= 15 is 0 Å². The average molecular weight is 476 g/mol. The van der Waals surface area contributed by atoms with Gasteiger partial charge < -0.3 is 4.57 Å². The fourth-order valence-corrected chi connectivity index (χ4v) is 5.93. The zero-order chi connectivity index (χ0) is 21.9. The first kappa shape index (κ1) is 20.2. The standard InChI is InChI=1S/C18H17N7O3S3/c1-3-24-12-5-4-10(31(19,27)28)8-11(12)20-18(24)30-9-14-21-22-17-23(2)16(26)15-13(25(14)17)6-7-29-15/h4-8H,3,9H2,1-2H3,(H2,19,27,28). The molecule has 0 saturated heterocycles. The smallest absolute Gasteiger partial charge is 0.272 e. The van der Waals surface area contributed by atoms with Crippen molar-refractivity contribution in [2.24, 2.45) is 12.2 Å². The fraction of sp³-hybridized carbons (Fsp3) is 0.222. The number of sulfonamides is 1. The monoisotopic (exact) mass is 475 g/mol. The van der Waals surface area contributed by atoms with Gasteiger partial charge in [-0.3, -0.25) is 13.8 Å². The van der Waals surface area contributed by atoms with Gasteiger partial charge in [-0.2, -0.15) is 0 Å². The second-order valence-corrected chi connectivity index (χ2v) is 10.3. The molecule has 0 saturated carbocycles. The topological polar surface area (TPSA) is 130 Å². The van der Waals surface area contributed by atoms with Crippen LogP contribution in [0.25, 0.3) is 27.0 Å². The highest BCUT2D eigenvalue weighted by Gasteiger charge is 2.18. The van der Waals surface area contributed by atoms with Gasteiger partial charge in [-0.25, -0.2) is 18.5 Å². The first-order valence-corrected chi connectivity index (χ1v) is 12.7. The molecule has 10 nitrogen and oxygen atoms in total. The molecule has 0 spiro atoms. The molecule has 0 aliphatic heterocycles. The maximum atomic E-state index is 12.5. The molecule has 0 unspecified atom stereocenters. The molecule has 0 atom stereocenters. The molecule has 2 N–H and O–H groups in total. The van der Waals surface area contributed by atoms with Gasteiger partial charge in [-0.05, 0) is 36.6 Å². The van der Waals surface area contributed by atoms with Crippen LogP contribution in [-0.2, 0) is 29.4 Å². The molecule has 0 bridgehead atoms. The van der Waals surface area contributed by atoms with Crippen LogP contribution >= 0.6 is 23.1 Å². The summed E-state index contributed by atoms with van der Waals surface area (Å²) >= 11 is 2.86. The second kappa shape index (κ2) is 7.15. The Balaban J connectivity index is 1.57. The highest BCUT2D eigenvalue weighted by Crippen LogP contribution is 2.29. The first-order chi connectivity index (χ1) is 14.8. The van der Waals surface area contributed by atoms with E-state index in [-0.39, 0.29) is 10.5 Å². The molecule has 4 aromatic heterocycles. The van der Waals surface area contributed by atoms with Crippen LogP contribution in [0.2, 0.25) is 0 Å². The molecule has 31 heavy (non-hydrogen) atoms. The third kappa shape index (κ3) is 3.15. The Kier molecular flexibility index (Phi) is 4.66. The van der Waals surface area contributed by atoms with E-state index in [1.54, 1.807) is 13.1 Å². The van der Waals surface area contributed by atoms with Crippen LogP contribution in [0.3, 0.4) is 0 Å². The molecule has 0 radical (unpaired) electrons. The van der Waals surface area contributed by atoms with Gasteiger partial charge in [-0.1, -0.05) is 11.8 Å². The van der Waals surface area contributed by atoms with Crippen molar-refractivity contribution in [3.63, 3.8) is 0 Å². The molecule has 4 heterocycles. The molecule has 5 rings (SSSR count). The highest BCUT2D eigenvalue weighted by molar-refractivity contribution is 7.98. The molecule has 0 aliphatic carbocycles. The van der Waals surface area contributed by atoms with Crippen LogP contribution in [0.5, 0.6) is 0 Å². The van der Waals surface area contributed by atoms with E-state index in [1.165, 1.54) is 39.8 Å². The van der Waals surface area contributed by atoms with Gasteiger partial charge in [-0.15, -0.1) is 21.5 Å². The molecule has 5 aromatic rings. The number of aromatic nitrogens is 6. The minimum atomic E-state index is -3.80. The lowest BCUT2D eigenvalue weighted by Gasteiger charge is -2.06. The predicted molar refractivity (Wildman–Crippen MR) is 120 cm³/mol. The normalized spacial score (nSPS) is 12.5. The average Bonchev–Trinajstić information content (AvgIpc) is 3.44. The van der Waals surface area contributed by atoms with Crippen LogP contribution in [0.1, 0.15) is 12.7 Å². The number of fused-ring (bicyclic) bond motifs is 4. The summed E-state index contributed by atoms with van der Waals surface area (Å²) in [6, 6.07) is 6.58. The Hall–Kier alpha value is -2.74. The molecule has 0 aliphatic rings. The van der Waals surface area contributed by atoms with Crippen molar-refractivity contribution >= 4 is 60.1 Å². The summed E-state index contributed by atoms with van der Waals surface area (Å²) in [5, 5.41) is 16.4. The molecular weight excluding hydrogens is 458 g/mol. The number of nitrogens with zero attached hydrogens (tertiary/aromatic N) is 6. The minimum Gasteiger partial charge on any atom is -0.319 e. The van der Waals surface area contributed by atoms with Gasteiger partial charge in [0.2, 0.25) is 15.8 Å². The Labute approximate surface area is 184 Å². The van der Waals surface area contributed by atoms with E-state index in [0.29, 0.717) is 34.1 Å². The van der Waals surface area contributed by atoms with Crippen LogP contribution in [0.4, 0.5) is 0 Å². The summed E-state index contributed by atoms with van der Waals surface area (Å²) in [4.78, 5) is 17.1. The largest absolute Gasteiger partial charge is 0.319 e. The molecule has 0 amide bonds. The van der Waals surface area contributed by atoms with Crippen molar-refractivity contribution in [2.75, 3.05) is 0 Å². The van der Waals surface area contributed by atoms with Crippen molar-refractivity contribution in [2.45, 2.75) is 29.3 Å². The molecule has 1 aromatic carbocycles. The Morgan fingerprint density at radius 2 is 2.00 bits per heavy atom. The number of imidazole rings is 1. The Morgan fingerprint density at radius 3 is 2.74 bits per heavy atom. The Bertz CT molecular complexity index is 1640. The van der Waals surface area contributed by atoms with Gasteiger partial charge in [0, 0.05) is 13.6 Å². The number of benzene rings is 1. The Morgan fingerprint density at radius 1 is 1.19 bits per heavy atom. The van der Waals surface area contributed by atoms with Crippen LogP contribution < -0.4 is 10.7 Å². The molecule has 0 fully saturated rings. The second-order valence-electron chi connectivity index (χ2n) is 6.87. The third-order valence-electron chi connectivity index (χ3n) is 5.06. The summed E-state index contributed by atoms with van der Waals surface area (Å²) in [5.41, 5.74) is 2.07. The number of thioether (sulfide) groups is 1. The minimum absolute atomic E-state index is 0.0292. The maximum absolute atomic E-state index is 12.5. The van der Waals surface area contributed by atoms with E-state index < -0.39 is 10.0 Å². The van der Waals surface area contributed by atoms with E-state index in [0.717, 1.165) is 16.2 Å². The van der Waals surface area contributed by atoms with Crippen molar-refractivity contribution < 1.29 is 8.42 Å². The number of hydrogen-bond donors (Lipinski definition) is 1. The number of rotatable bonds is 5. The molecule has 160 valence electrons. The van der Waals surface area contributed by atoms with Gasteiger partial charge in [0.1, 0.15) is 10.5 Å². The summed E-state index contributed by atoms with van der Waals surface area (Å²) in [5.74, 6) is 1.64. The number of primary sulfonamides is 1.